The molecule has 140 valence electrons. The molecule has 26 heavy (non-hydrogen) atoms. The van der Waals surface area contributed by atoms with E-state index in [9.17, 15) is 9.90 Å². The van der Waals surface area contributed by atoms with Gasteiger partial charge in [0.25, 0.3) is 0 Å². The molecule has 0 saturated carbocycles. The molecule has 1 aliphatic carbocycles. The van der Waals surface area contributed by atoms with Gasteiger partial charge >= 0.3 is 0 Å². The average Bonchev–Trinajstić information content (AvgIpc) is 3.07. The van der Waals surface area contributed by atoms with E-state index >= 15 is 0 Å². The molecule has 0 amide bonds. The van der Waals surface area contributed by atoms with Gasteiger partial charge in [0.15, 0.2) is 5.78 Å². The first-order valence-corrected chi connectivity index (χ1v) is 9.38. The Morgan fingerprint density at radius 3 is 2.73 bits per heavy atom. The number of nitrogens with zero attached hydrogens (tertiary/aromatic N) is 1. The Balaban J connectivity index is 1.98. The minimum atomic E-state index is -0.0780. The number of ketones is 1. The first-order valence-electron chi connectivity index (χ1n) is 9.38. The van der Waals surface area contributed by atoms with Gasteiger partial charge in [-0.1, -0.05) is 18.1 Å². The van der Waals surface area contributed by atoms with E-state index in [-0.39, 0.29) is 17.5 Å². The lowest BCUT2D eigenvalue weighted by Gasteiger charge is -2.27. The molecule has 1 aliphatic heterocycles. The second-order valence-corrected chi connectivity index (χ2v) is 6.99. The molecule has 0 bridgehead atoms. The van der Waals surface area contributed by atoms with Crippen LogP contribution in [0.4, 0.5) is 0 Å². The topological polar surface area (TPSA) is 68.1 Å². The highest BCUT2D eigenvalue weighted by atomic mass is 16.6. The van der Waals surface area contributed by atoms with Crippen LogP contribution in [0.5, 0.6) is 5.75 Å². The number of carbonyl (C=O) groups excluding carboxylic acids is 1. The number of Topliss-reactive ketones (excluding diaryl/α,β-unsaturated/α-hetero) is 1. The molecule has 1 heterocycles. The van der Waals surface area contributed by atoms with Crippen LogP contribution < -0.4 is 4.74 Å². The van der Waals surface area contributed by atoms with Gasteiger partial charge in [0, 0.05) is 36.3 Å². The summed E-state index contributed by atoms with van der Waals surface area (Å²) in [6.45, 7) is 9.01. The van der Waals surface area contributed by atoms with Crippen LogP contribution in [-0.4, -0.2) is 29.8 Å². The van der Waals surface area contributed by atoms with Gasteiger partial charge in [0.2, 0.25) is 0 Å². The van der Waals surface area contributed by atoms with Gasteiger partial charge in [-0.25, -0.2) is 0 Å². The third kappa shape index (κ3) is 3.22. The average molecular weight is 357 g/mol. The molecule has 0 fully saturated rings. The SMILES string of the molecule is CCON=C(CC)C1=C(O)CC(c2c(C)cc(C)c3c2OCC3)CC1=O. The van der Waals surface area contributed by atoms with Gasteiger partial charge in [0.1, 0.15) is 18.1 Å². The number of allylic oxidation sites excluding steroid dienone is 2. The maximum Gasteiger partial charge on any atom is 0.168 e. The van der Waals surface area contributed by atoms with Gasteiger partial charge in [-0.3, -0.25) is 4.79 Å². The van der Waals surface area contributed by atoms with Crippen LogP contribution >= 0.6 is 0 Å². The normalized spacial score (nSPS) is 20.2. The number of benzene rings is 1. The van der Waals surface area contributed by atoms with E-state index in [0.29, 0.717) is 43.8 Å². The number of aliphatic hydroxyl groups is 1. The zero-order valence-electron chi connectivity index (χ0n) is 16.0. The molecular weight excluding hydrogens is 330 g/mol. The summed E-state index contributed by atoms with van der Waals surface area (Å²) in [5.41, 5.74) is 5.52. The van der Waals surface area contributed by atoms with Gasteiger partial charge in [-0.05, 0) is 38.3 Å². The van der Waals surface area contributed by atoms with Crippen LogP contribution in [0.15, 0.2) is 22.6 Å². The minimum Gasteiger partial charge on any atom is -0.511 e. The smallest absolute Gasteiger partial charge is 0.168 e. The van der Waals surface area contributed by atoms with Crippen molar-refractivity contribution in [2.24, 2.45) is 5.16 Å². The van der Waals surface area contributed by atoms with Crippen molar-refractivity contribution in [3.05, 3.63) is 39.7 Å². The Labute approximate surface area is 154 Å². The first kappa shape index (κ1) is 18.5. The summed E-state index contributed by atoms with van der Waals surface area (Å²) >= 11 is 0. The predicted octanol–water partition coefficient (Wildman–Crippen LogP) is 4.30. The van der Waals surface area contributed by atoms with Crippen LogP contribution in [0.2, 0.25) is 0 Å². The predicted molar refractivity (Wildman–Crippen MR) is 101 cm³/mol. The number of hydrogen-bond donors (Lipinski definition) is 1. The Hall–Kier alpha value is -2.30. The molecule has 1 N–H and O–H groups in total. The number of aliphatic hydroxyl groups excluding tert-OH is 1. The van der Waals surface area contributed by atoms with Crippen molar-refractivity contribution >= 4 is 11.5 Å². The van der Waals surface area contributed by atoms with E-state index in [2.05, 4.69) is 25.1 Å². The number of carbonyl (C=O) groups is 1. The zero-order valence-corrected chi connectivity index (χ0v) is 16.0. The lowest BCUT2D eigenvalue weighted by molar-refractivity contribution is -0.116. The van der Waals surface area contributed by atoms with Gasteiger partial charge < -0.3 is 14.7 Å². The quantitative estimate of drug-likeness (QED) is 0.630. The minimum absolute atomic E-state index is 0.0658. The van der Waals surface area contributed by atoms with Crippen molar-refractivity contribution in [2.45, 2.75) is 59.3 Å². The largest absolute Gasteiger partial charge is 0.511 e. The molecule has 0 radical (unpaired) electrons. The number of ether oxygens (including phenoxy) is 1. The van der Waals surface area contributed by atoms with E-state index in [1.54, 1.807) is 0 Å². The zero-order chi connectivity index (χ0) is 18.8. The monoisotopic (exact) mass is 357 g/mol. The molecule has 3 rings (SSSR count). The molecule has 1 aromatic carbocycles. The molecule has 1 atom stereocenters. The van der Waals surface area contributed by atoms with Crippen LogP contribution in [0.1, 0.15) is 61.3 Å². The van der Waals surface area contributed by atoms with Crippen LogP contribution in [-0.2, 0) is 16.1 Å². The van der Waals surface area contributed by atoms with Gasteiger partial charge in [-0.15, -0.1) is 0 Å². The van der Waals surface area contributed by atoms with Crippen LogP contribution in [0, 0.1) is 13.8 Å². The fraction of sp³-hybridized carbons (Fsp3) is 0.524. The molecule has 1 aromatic rings. The number of rotatable bonds is 5. The lowest BCUT2D eigenvalue weighted by Crippen LogP contribution is -2.24. The maximum atomic E-state index is 12.8. The summed E-state index contributed by atoms with van der Waals surface area (Å²) < 4.78 is 5.91. The molecule has 5 nitrogen and oxygen atoms in total. The maximum absolute atomic E-state index is 12.8. The van der Waals surface area contributed by atoms with Crippen molar-refractivity contribution in [3.8, 4) is 5.75 Å². The summed E-state index contributed by atoms with van der Waals surface area (Å²) in [6.07, 6.45) is 2.22. The van der Waals surface area contributed by atoms with Crippen molar-refractivity contribution in [2.75, 3.05) is 13.2 Å². The molecule has 0 aromatic heterocycles. The highest BCUT2D eigenvalue weighted by Gasteiger charge is 2.35. The third-order valence-electron chi connectivity index (χ3n) is 5.23. The highest BCUT2D eigenvalue weighted by molar-refractivity contribution is 6.23. The van der Waals surface area contributed by atoms with Crippen LogP contribution in [0.25, 0.3) is 0 Å². The molecule has 5 heteroatoms. The lowest BCUT2D eigenvalue weighted by atomic mass is 9.78. The molecule has 2 aliphatic rings. The fourth-order valence-corrected chi connectivity index (χ4v) is 4.10. The number of aryl methyl sites for hydroxylation is 2. The van der Waals surface area contributed by atoms with E-state index in [1.807, 2.05) is 13.8 Å². The number of fused-ring (bicyclic) bond motifs is 1. The standard InChI is InChI=1S/C21H27NO4/c1-5-16(22-26-6-2)20-17(23)10-14(11-18(20)24)19-13(4)9-12(3)15-7-8-25-21(15)19/h9,14,23H,5-8,10-11H2,1-4H3. The second-order valence-electron chi connectivity index (χ2n) is 6.99. The third-order valence-corrected chi connectivity index (χ3v) is 5.23. The fourth-order valence-electron chi connectivity index (χ4n) is 4.10. The number of oxime groups is 1. The summed E-state index contributed by atoms with van der Waals surface area (Å²) in [7, 11) is 0. The second kappa shape index (κ2) is 7.52. The van der Waals surface area contributed by atoms with E-state index in [1.165, 1.54) is 11.1 Å². The Bertz CT molecular complexity index is 792. The van der Waals surface area contributed by atoms with E-state index < -0.39 is 0 Å². The Kier molecular flexibility index (Phi) is 5.35. The van der Waals surface area contributed by atoms with Crippen LogP contribution in [0.3, 0.4) is 0 Å². The summed E-state index contributed by atoms with van der Waals surface area (Å²) in [4.78, 5) is 17.9. The first-order chi connectivity index (χ1) is 12.5. The van der Waals surface area contributed by atoms with Crippen molar-refractivity contribution < 1.29 is 19.5 Å². The Morgan fingerprint density at radius 2 is 2.08 bits per heavy atom. The summed E-state index contributed by atoms with van der Waals surface area (Å²) in [5.74, 6) is 0.892. The number of hydrogen-bond acceptors (Lipinski definition) is 5. The van der Waals surface area contributed by atoms with E-state index in [0.717, 1.165) is 23.3 Å². The highest BCUT2D eigenvalue weighted by Crippen LogP contribution is 2.44. The van der Waals surface area contributed by atoms with Gasteiger partial charge in [0.05, 0.1) is 17.9 Å². The molecule has 0 saturated heterocycles. The summed E-state index contributed by atoms with van der Waals surface area (Å²) in [5, 5.41) is 14.7. The van der Waals surface area contributed by atoms with Crippen molar-refractivity contribution in [1.82, 2.24) is 0 Å². The van der Waals surface area contributed by atoms with Crippen molar-refractivity contribution in [3.63, 3.8) is 0 Å². The molecular formula is C21H27NO4. The summed E-state index contributed by atoms with van der Waals surface area (Å²) in [6, 6.07) is 2.16. The van der Waals surface area contributed by atoms with E-state index in [4.69, 9.17) is 9.57 Å². The Morgan fingerprint density at radius 1 is 1.31 bits per heavy atom. The van der Waals surface area contributed by atoms with Gasteiger partial charge in [-0.2, -0.15) is 0 Å². The molecule has 1 unspecified atom stereocenters. The van der Waals surface area contributed by atoms with Crippen molar-refractivity contribution in [1.29, 1.82) is 0 Å². The molecule has 0 spiro atoms.